The number of alkyl halides is 1. The summed E-state index contributed by atoms with van der Waals surface area (Å²) in [4.78, 5) is 10.8. The van der Waals surface area contributed by atoms with Crippen LogP contribution in [0.3, 0.4) is 0 Å². The topological polar surface area (TPSA) is 26.3 Å². The van der Waals surface area contributed by atoms with Gasteiger partial charge in [0, 0.05) is 12.8 Å². The average molecular weight is 205 g/mol. The Hall–Kier alpha value is -0.240. The maximum atomic E-state index is 10.8. The van der Waals surface area contributed by atoms with Crippen molar-refractivity contribution in [2.45, 2.75) is 45.6 Å². The lowest BCUT2D eigenvalue weighted by molar-refractivity contribution is -0.159. The second kappa shape index (κ2) is 3.49. The molecule has 0 aromatic rings. The Labute approximate surface area is 84.6 Å². The number of ether oxygens (including phenoxy) is 1. The summed E-state index contributed by atoms with van der Waals surface area (Å²) in [6, 6.07) is 0. The maximum absolute atomic E-state index is 10.8. The van der Waals surface area contributed by atoms with E-state index in [1.54, 1.807) is 0 Å². The van der Waals surface area contributed by atoms with E-state index in [0.717, 1.165) is 6.42 Å². The summed E-state index contributed by atoms with van der Waals surface area (Å²) >= 11 is 5.98. The highest BCUT2D eigenvalue weighted by atomic mass is 35.5. The molecule has 0 amide bonds. The second-order valence-electron chi connectivity index (χ2n) is 4.80. The van der Waals surface area contributed by atoms with Crippen LogP contribution in [0, 0.1) is 11.3 Å². The Bertz CT molecular complexity index is 207. The predicted octanol–water partition coefficient (Wildman–Crippen LogP) is 2.59. The smallest absolute Gasteiger partial charge is 0.302 e. The molecular weight excluding hydrogens is 188 g/mol. The summed E-state index contributed by atoms with van der Waals surface area (Å²) in [5.74, 6) is 0.170. The number of hydrogen-bond acceptors (Lipinski definition) is 2. The molecule has 0 bridgehead atoms. The molecular formula is C10H17ClO2. The zero-order valence-corrected chi connectivity index (χ0v) is 9.39. The third-order valence-corrected chi connectivity index (χ3v) is 3.07. The van der Waals surface area contributed by atoms with Crippen molar-refractivity contribution in [2.24, 2.45) is 11.3 Å². The maximum Gasteiger partial charge on any atom is 0.302 e. The minimum atomic E-state index is -0.232. The van der Waals surface area contributed by atoms with Gasteiger partial charge in [-0.1, -0.05) is 20.8 Å². The van der Waals surface area contributed by atoms with Crippen molar-refractivity contribution in [3.8, 4) is 0 Å². The number of halogens is 1. The number of carbonyl (C=O) groups excluding carboxylic acids is 1. The Morgan fingerprint density at radius 2 is 2.00 bits per heavy atom. The fourth-order valence-electron chi connectivity index (χ4n) is 1.76. The molecule has 1 fully saturated rings. The minimum absolute atomic E-state index is 0.00752. The summed E-state index contributed by atoms with van der Waals surface area (Å²) in [6.07, 6.45) is 0.863. The number of hydrogen-bond donors (Lipinski definition) is 0. The highest BCUT2D eigenvalue weighted by Crippen LogP contribution is 2.45. The number of esters is 1. The Kier molecular flexibility index (Phi) is 2.91. The van der Waals surface area contributed by atoms with Gasteiger partial charge in [0.25, 0.3) is 0 Å². The first kappa shape index (κ1) is 10.8. The van der Waals surface area contributed by atoms with Crippen LogP contribution < -0.4 is 0 Å². The van der Waals surface area contributed by atoms with Crippen molar-refractivity contribution >= 4 is 17.6 Å². The molecule has 1 saturated carbocycles. The van der Waals surface area contributed by atoms with Crippen molar-refractivity contribution in [1.29, 1.82) is 0 Å². The Morgan fingerprint density at radius 3 is 2.31 bits per heavy atom. The van der Waals surface area contributed by atoms with E-state index in [1.807, 2.05) is 0 Å². The molecule has 13 heavy (non-hydrogen) atoms. The largest absolute Gasteiger partial charge is 0.461 e. The van der Waals surface area contributed by atoms with E-state index in [1.165, 1.54) is 6.92 Å². The molecule has 3 atom stereocenters. The molecule has 2 nitrogen and oxygen atoms in total. The van der Waals surface area contributed by atoms with Crippen LogP contribution in [0.2, 0.25) is 0 Å². The van der Waals surface area contributed by atoms with Crippen LogP contribution in [0.4, 0.5) is 0 Å². The van der Waals surface area contributed by atoms with Crippen molar-refractivity contribution in [1.82, 2.24) is 0 Å². The van der Waals surface area contributed by atoms with E-state index < -0.39 is 0 Å². The van der Waals surface area contributed by atoms with Gasteiger partial charge in [0.2, 0.25) is 0 Å². The van der Waals surface area contributed by atoms with Crippen molar-refractivity contribution in [3.63, 3.8) is 0 Å². The zero-order chi connectivity index (χ0) is 10.2. The van der Waals surface area contributed by atoms with E-state index in [9.17, 15) is 4.79 Å². The first-order valence-electron chi connectivity index (χ1n) is 4.63. The van der Waals surface area contributed by atoms with E-state index in [0.29, 0.717) is 5.92 Å². The predicted molar refractivity (Wildman–Crippen MR) is 52.8 cm³/mol. The Balaban J connectivity index is 2.56. The van der Waals surface area contributed by atoms with Crippen LogP contribution in [-0.4, -0.2) is 17.5 Å². The lowest BCUT2D eigenvalue weighted by Crippen LogP contribution is -2.51. The van der Waals surface area contributed by atoms with Crippen LogP contribution in [0.15, 0.2) is 0 Å². The molecule has 0 radical (unpaired) electrons. The van der Waals surface area contributed by atoms with Crippen LogP contribution in [0.5, 0.6) is 0 Å². The van der Waals surface area contributed by atoms with E-state index >= 15 is 0 Å². The molecule has 0 unspecified atom stereocenters. The fraction of sp³-hybridized carbons (Fsp3) is 0.900. The van der Waals surface area contributed by atoms with Gasteiger partial charge in [0.15, 0.2) is 0 Å². The molecule has 1 rings (SSSR count). The summed E-state index contributed by atoms with van der Waals surface area (Å²) in [5, 5.41) is 0.00752. The van der Waals surface area contributed by atoms with Crippen LogP contribution in [-0.2, 0) is 9.53 Å². The van der Waals surface area contributed by atoms with Gasteiger partial charge in [0.05, 0.1) is 5.38 Å². The molecule has 0 spiro atoms. The van der Waals surface area contributed by atoms with Crippen LogP contribution >= 0.6 is 11.6 Å². The number of rotatable bonds is 1. The third-order valence-electron chi connectivity index (χ3n) is 2.65. The summed E-state index contributed by atoms with van der Waals surface area (Å²) < 4.78 is 5.17. The summed E-state index contributed by atoms with van der Waals surface area (Å²) in [6.45, 7) is 7.88. The number of carbonyl (C=O) groups is 1. The molecule has 0 saturated heterocycles. The molecule has 3 heteroatoms. The quantitative estimate of drug-likeness (QED) is 0.485. The van der Waals surface area contributed by atoms with Gasteiger partial charge in [-0.25, -0.2) is 0 Å². The average Bonchev–Trinajstić information content (AvgIpc) is 1.93. The lowest BCUT2D eigenvalue weighted by Gasteiger charge is -2.47. The fourth-order valence-corrected chi connectivity index (χ4v) is 2.18. The monoisotopic (exact) mass is 204 g/mol. The summed E-state index contributed by atoms with van der Waals surface area (Å²) in [5.41, 5.74) is 0.172. The molecule has 0 aliphatic heterocycles. The van der Waals surface area contributed by atoms with Gasteiger partial charge in [0.1, 0.15) is 6.10 Å². The highest BCUT2D eigenvalue weighted by Gasteiger charge is 2.48. The molecule has 0 N–H and O–H groups in total. The van der Waals surface area contributed by atoms with Gasteiger partial charge in [-0.2, -0.15) is 0 Å². The summed E-state index contributed by atoms with van der Waals surface area (Å²) in [7, 11) is 0. The van der Waals surface area contributed by atoms with Gasteiger partial charge in [-0.05, 0) is 11.8 Å². The molecule has 0 aromatic carbocycles. The molecule has 0 heterocycles. The molecule has 1 aliphatic carbocycles. The van der Waals surface area contributed by atoms with Crippen molar-refractivity contribution in [3.05, 3.63) is 0 Å². The van der Waals surface area contributed by atoms with Crippen LogP contribution in [0.1, 0.15) is 34.1 Å². The molecule has 76 valence electrons. The van der Waals surface area contributed by atoms with Gasteiger partial charge in [-0.3, -0.25) is 4.79 Å². The van der Waals surface area contributed by atoms with Gasteiger partial charge in [-0.15, -0.1) is 11.6 Å². The first-order chi connectivity index (χ1) is 5.82. The second-order valence-corrected chi connectivity index (χ2v) is 5.36. The van der Waals surface area contributed by atoms with Crippen LogP contribution in [0.25, 0.3) is 0 Å². The van der Waals surface area contributed by atoms with Crippen molar-refractivity contribution < 1.29 is 9.53 Å². The normalized spacial score (nSPS) is 33.8. The SMILES string of the molecule is CC(=O)O[C@H]1[C@H](C(C)(C)C)C[C@@H]1Cl. The molecule has 1 aliphatic rings. The minimum Gasteiger partial charge on any atom is -0.461 e. The van der Waals surface area contributed by atoms with Gasteiger partial charge < -0.3 is 4.74 Å². The van der Waals surface area contributed by atoms with Crippen molar-refractivity contribution in [2.75, 3.05) is 0 Å². The first-order valence-corrected chi connectivity index (χ1v) is 5.07. The molecule has 0 aromatic heterocycles. The van der Waals surface area contributed by atoms with E-state index in [-0.39, 0.29) is 22.9 Å². The Morgan fingerprint density at radius 1 is 1.46 bits per heavy atom. The highest BCUT2D eigenvalue weighted by molar-refractivity contribution is 6.21. The lowest BCUT2D eigenvalue weighted by atomic mass is 9.66. The van der Waals surface area contributed by atoms with E-state index in [4.69, 9.17) is 16.3 Å². The third kappa shape index (κ3) is 2.37. The van der Waals surface area contributed by atoms with E-state index in [2.05, 4.69) is 20.8 Å². The van der Waals surface area contributed by atoms with Gasteiger partial charge >= 0.3 is 5.97 Å². The standard InChI is InChI=1S/C10H17ClO2/c1-6(12)13-9-7(5-8(9)11)10(2,3)4/h7-9H,5H2,1-4H3/t7-,8+,9+/m1/s1. The zero-order valence-electron chi connectivity index (χ0n) is 8.63.